The van der Waals surface area contributed by atoms with Crippen LogP contribution in [0.3, 0.4) is 0 Å². The van der Waals surface area contributed by atoms with Crippen LogP contribution in [-0.2, 0) is 9.53 Å². The minimum Gasteiger partial charge on any atom is -0.383 e. The highest BCUT2D eigenvalue weighted by atomic mass is 16.5. The Morgan fingerprint density at radius 2 is 1.92 bits per heavy atom. The molecular formula is C19H23N3O3. The van der Waals surface area contributed by atoms with Gasteiger partial charge in [0.2, 0.25) is 5.91 Å². The lowest BCUT2D eigenvalue weighted by molar-refractivity contribution is -0.116. The molecule has 0 fully saturated rings. The summed E-state index contributed by atoms with van der Waals surface area (Å²) in [4.78, 5) is 30.2. The average Bonchev–Trinajstić information content (AvgIpc) is 2.61. The zero-order chi connectivity index (χ0) is 18.4. The number of benzene rings is 1. The number of nitrogens with zero attached hydrogens (tertiary/aromatic N) is 2. The first-order valence-electron chi connectivity index (χ1n) is 8.04. The Bertz CT molecular complexity index is 774. The van der Waals surface area contributed by atoms with Gasteiger partial charge in [0, 0.05) is 33.2 Å². The fraction of sp³-hybridized carbons (Fsp3) is 0.316. The second-order valence-electron chi connectivity index (χ2n) is 5.71. The van der Waals surface area contributed by atoms with Crippen LogP contribution in [0.5, 0.6) is 0 Å². The van der Waals surface area contributed by atoms with E-state index >= 15 is 0 Å². The predicted molar refractivity (Wildman–Crippen MR) is 97.7 cm³/mol. The molecule has 0 spiro atoms. The Morgan fingerprint density at radius 3 is 2.56 bits per heavy atom. The third-order valence-electron chi connectivity index (χ3n) is 3.92. The molecule has 0 saturated carbocycles. The normalized spacial score (nSPS) is 10.4. The molecule has 2 aromatic rings. The van der Waals surface area contributed by atoms with Crippen molar-refractivity contribution in [1.29, 1.82) is 0 Å². The van der Waals surface area contributed by atoms with Crippen molar-refractivity contribution in [2.75, 3.05) is 32.2 Å². The van der Waals surface area contributed by atoms with E-state index in [4.69, 9.17) is 4.74 Å². The van der Waals surface area contributed by atoms with Crippen molar-refractivity contribution < 1.29 is 14.3 Å². The molecule has 2 amide bonds. The zero-order valence-electron chi connectivity index (χ0n) is 15.0. The Labute approximate surface area is 147 Å². The highest BCUT2D eigenvalue weighted by molar-refractivity contribution is 6.03. The maximum Gasteiger partial charge on any atom is 0.255 e. The van der Waals surface area contributed by atoms with Crippen LogP contribution in [0, 0.1) is 6.92 Å². The number of hydrogen-bond donors (Lipinski definition) is 1. The van der Waals surface area contributed by atoms with E-state index in [1.807, 2.05) is 31.2 Å². The summed E-state index contributed by atoms with van der Waals surface area (Å²) in [5, 5.41) is 2.76. The quantitative estimate of drug-likeness (QED) is 0.819. The molecule has 0 aliphatic rings. The fourth-order valence-electron chi connectivity index (χ4n) is 2.40. The Balaban J connectivity index is 2.45. The molecular weight excluding hydrogens is 318 g/mol. The average molecular weight is 341 g/mol. The van der Waals surface area contributed by atoms with Crippen LogP contribution in [0.15, 0.2) is 36.4 Å². The molecule has 6 heteroatoms. The minimum absolute atomic E-state index is 0.194. The van der Waals surface area contributed by atoms with Gasteiger partial charge >= 0.3 is 0 Å². The third kappa shape index (κ3) is 4.42. The summed E-state index contributed by atoms with van der Waals surface area (Å²) in [6.45, 7) is 4.24. The van der Waals surface area contributed by atoms with E-state index in [-0.39, 0.29) is 11.8 Å². The van der Waals surface area contributed by atoms with Gasteiger partial charge < -0.3 is 10.1 Å². The van der Waals surface area contributed by atoms with Crippen LogP contribution in [0.1, 0.15) is 22.8 Å². The molecule has 1 heterocycles. The first-order valence-corrected chi connectivity index (χ1v) is 8.04. The molecule has 6 nitrogen and oxygen atoms in total. The summed E-state index contributed by atoms with van der Waals surface area (Å²) >= 11 is 0. The molecule has 1 aromatic heterocycles. The zero-order valence-corrected chi connectivity index (χ0v) is 15.0. The summed E-state index contributed by atoms with van der Waals surface area (Å²) in [5.74, 6) is -0.146. The molecule has 0 aliphatic carbocycles. The predicted octanol–water partition coefficient (Wildman–Crippen LogP) is 2.42. The summed E-state index contributed by atoms with van der Waals surface area (Å²) < 4.78 is 4.94. The van der Waals surface area contributed by atoms with Crippen LogP contribution < -0.4 is 10.2 Å². The highest BCUT2D eigenvalue weighted by Crippen LogP contribution is 2.26. The number of methoxy groups -OCH3 is 1. The first kappa shape index (κ1) is 18.6. The van der Waals surface area contributed by atoms with Gasteiger partial charge in [0.05, 0.1) is 17.9 Å². The smallest absolute Gasteiger partial charge is 0.255 e. The van der Waals surface area contributed by atoms with Crippen molar-refractivity contribution >= 4 is 17.6 Å². The van der Waals surface area contributed by atoms with Gasteiger partial charge in [0.1, 0.15) is 5.82 Å². The number of pyridine rings is 1. The minimum atomic E-state index is -0.288. The SMILES string of the molecule is COCCNC(=O)c1ccc(-c2ccccc2C)nc1N(C)C(C)=O. The van der Waals surface area contributed by atoms with Crippen molar-refractivity contribution in [2.24, 2.45) is 0 Å². The molecule has 1 N–H and O–H groups in total. The van der Waals surface area contributed by atoms with Gasteiger partial charge in [-0.1, -0.05) is 24.3 Å². The molecule has 0 atom stereocenters. The fourth-order valence-corrected chi connectivity index (χ4v) is 2.40. The third-order valence-corrected chi connectivity index (χ3v) is 3.92. The maximum atomic E-state index is 12.4. The summed E-state index contributed by atoms with van der Waals surface area (Å²) in [7, 11) is 3.18. The Hall–Kier alpha value is -2.73. The van der Waals surface area contributed by atoms with E-state index in [9.17, 15) is 9.59 Å². The monoisotopic (exact) mass is 341 g/mol. The van der Waals surface area contributed by atoms with Crippen LogP contribution in [0.25, 0.3) is 11.3 Å². The van der Waals surface area contributed by atoms with Crippen molar-refractivity contribution in [2.45, 2.75) is 13.8 Å². The molecule has 1 aromatic carbocycles. The number of ether oxygens (including phenoxy) is 1. The van der Waals surface area contributed by atoms with Gasteiger partial charge in [-0.2, -0.15) is 0 Å². The van der Waals surface area contributed by atoms with Crippen LogP contribution in [-0.4, -0.2) is 44.1 Å². The number of nitrogens with one attached hydrogen (secondary N) is 1. The molecule has 0 unspecified atom stereocenters. The van der Waals surface area contributed by atoms with Crippen LogP contribution in [0.2, 0.25) is 0 Å². The van der Waals surface area contributed by atoms with Gasteiger partial charge in [0.15, 0.2) is 0 Å². The second kappa shape index (κ2) is 8.39. The maximum absolute atomic E-state index is 12.4. The summed E-state index contributed by atoms with van der Waals surface area (Å²) in [6, 6.07) is 11.4. The van der Waals surface area contributed by atoms with Gasteiger partial charge in [-0.05, 0) is 24.6 Å². The van der Waals surface area contributed by atoms with Crippen LogP contribution in [0.4, 0.5) is 5.82 Å². The Morgan fingerprint density at radius 1 is 1.20 bits per heavy atom. The second-order valence-corrected chi connectivity index (χ2v) is 5.71. The molecule has 25 heavy (non-hydrogen) atoms. The van der Waals surface area contributed by atoms with Crippen molar-refractivity contribution in [3.63, 3.8) is 0 Å². The summed E-state index contributed by atoms with van der Waals surface area (Å²) in [5.41, 5.74) is 3.11. The molecule has 132 valence electrons. The first-order chi connectivity index (χ1) is 12.0. The van der Waals surface area contributed by atoms with Gasteiger partial charge in [0.25, 0.3) is 5.91 Å². The van der Waals surface area contributed by atoms with E-state index in [0.29, 0.717) is 24.5 Å². The van der Waals surface area contributed by atoms with Crippen LogP contribution >= 0.6 is 0 Å². The number of rotatable bonds is 6. The van der Waals surface area contributed by atoms with Gasteiger partial charge in [-0.15, -0.1) is 0 Å². The van der Waals surface area contributed by atoms with Crippen molar-refractivity contribution in [3.8, 4) is 11.3 Å². The lowest BCUT2D eigenvalue weighted by Gasteiger charge is -2.19. The van der Waals surface area contributed by atoms with E-state index in [1.165, 1.54) is 11.8 Å². The van der Waals surface area contributed by atoms with E-state index in [0.717, 1.165) is 16.8 Å². The number of aromatic nitrogens is 1. The lowest BCUT2D eigenvalue weighted by Crippen LogP contribution is -2.31. The highest BCUT2D eigenvalue weighted by Gasteiger charge is 2.19. The molecule has 0 radical (unpaired) electrons. The number of anilines is 1. The molecule has 0 bridgehead atoms. The standard InChI is InChI=1S/C19H23N3O3/c1-13-7-5-6-8-15(13)17-10-9-16(19(24)20-11-12-25-4)18(21-17)22(3)14(2)23/h5-10H,11-12H2,1-4H3,(H,20,24). The van der Waals surface area contributed by atoms with E-state index in [2.05, 4.69) is 10.3 Å². The molecule has 0 aliphatic heterocycles. The molecule has 2 rings (SSSR count). The number of carbonyl (C=O) groups excluding carboxylic acids is 2. The number of carbonyl (C=O) groups is 2. The van der Waals surface area contributed by atoms with E-state index < -0.39 is 0 Å². The van der Waals surface area contributed by atoms with Gasteiger partial charge in [-0.3, -0.25) is 14.5 Å². The number of aryl methyl sites for hydroxylation is 1. The topological polar surface area (TPSA) is 71.5 Å². The van der Waals surface area contributed by atoms with Crippen molar-refractivity contribution in [1.82, 2.24) is 10.3 Å². The number of amides is 2. The van der Waals surface area contributed by atoms with E-state index in [1.54, 1.807) is 26.3 Å². The van der Waals surface area contributed by atoms with Crippen molar-refractivity contribution in [3.05, 3.63) is 47.5 Å². The number of hydrogen-bond acceptors (Lipinski definition) is 4. The molecule has 0 saturated heterocycles. The largest absolute Gasteiger partial charge is 0.383 e. The Kier molecular flexibility index (Phi) is 6.25. The lowest BCUT2D eigenvalue weighted by atomic mass is 10.0. The summed E-state index contributed by atoms with van der Waals surface area (Å²) in [6.07, 6.45) is 0. The van der Waals surface area contributed by atoms with Gasteiger partial charge in [-0.25, -0.2) is 4.98 Å².